The minimum absolute atomic E-state index is 0.0848. The van der Waals surface area contributed by atoms with Crippen molar-refractivity contribution in [3.8, 4) is 0 Å². The molecule has 0 radical (unpaired) electrons. The fourth-order valence-electron chi connectivity index (χ4n) is 1.96. The average Bonchev–Trinajstić information content (AvgIpc) is 2.85. The molecular formula is C12H23N5O. The monoisotopic (exact) mass is 253 g/mol. The van der Waals surface area contributed by atoms with Gasteiger partial charge in [-0.1, -0.05) is 13.8 Å². The molecule has 1 aromatic heterocycles. The van der Waals surface area contributed by atoms with Gasteiger partial charge in [-0.3, -0.25) is 10.00 Å². The summed E-state index contributed by atoms with van der Waals surface area (Å²) in [6, 6.07) is -0.0848. The molecule has 102 valence electrons. The van der Waals surface area contributed by atoms with Gasteiger partial charge in [-0.05, 0) is 5.92 Å². The Hall–Kier alpha value is -0.980. The van der Waals surface area contributed by atoms with E-state index >= 15 is 0 Å². The summed E-state index contributed by atoms with van der Waals surface area (Å²) in [5.74, 6) is 2.00. The number of aromatic amines is 1. The van der Waals surface area contributed by atoms with E-state index in [1.54, 1.807) is 0 Å². The first-order valence-corrected chi connectivity index (χ1v) is 6.63. The van der Waals surface area contributed by atoms with Gasteiger partial charge in [0.05, 0.1) is 19.3 Å². The van der Waals surface area contributed by atoms with E-state index in [4.69, 9.17) is 10.5 Å². The van der Waals surface area contributed by atoms with Gasteiger partial charge in [0.1, 0.15) is 5.82 Å². The van der Waals surface area contributed by atoms with Crippen LogP contribution in [0.5, 0.6) is 0 Å². The van der Waals surface area contributed by atoms with Crippen molar-refractivity contribution in [1.29, 1.82) is 0 Å². The fraction of sp³-hybridized carbons (Fsp3) is 0.833. The minimum atomic E-state index is -0.0848. The molecule has 0 saturated carbocycles. The minimum Gasteiger partial charge on any atom is -0.379 e. The van der Waals surface area contributed by atoms with Crippen molar-refractivity contribution in [2.24, 2.45) is 11.7 Å². The molecule has 1 aliphatic rings. The molecule has 2 heterocycles. The predicted molar refractivity (Wildman–Crippen MR) is 69.1 cm³/mol. The largest absolute Gasteiger partial charge is 0.379 e. The first-order chi connectivity index (χ1) is 8.66. The lowest BCUT2D eigenvalue weighted by atomic mass is 10.1. The summed E-state index contributed by atoms with van der Waals surface area (Å²) in [6.07, 6.45) is 0.887. The Balaban J connectivity index is 1.82. The smallest absolute Gasteiger partial charge is 0.167 e. The zero-order valence-corrected chi connectivity index (χ0v) is 11.2. The Bertz CT molecular complexity index is 359. The van der Waals surface area contributed by atoms with Gasteiger partial charge in [-0.15, -0.1) is 0 Å². The van der Waals surface area contributed by atoms with E-state index < -0.39 is 0 Å². The van der Waals surface area contributed by atoms with E-state index in [9.17, 15) is 0 Å². The van der Waals surface area contributed by atoms with Gasteiger partial charge in [-0.2, -0.15) is 5.10 Å². The molecule has 0 bridgehead atoms. The number of ether oxygens (including phenoxy) is 1. The first kappa shape index (κ1) is 13.5. The Morgan fingerprint density at radius 2 is 2.11 bits per heavy atom. The van der Waals surface area contributed by atoms with Crippen LogP contribution >= 0.6 is 0 Å². The first-order valence-electron chi connectivity index (χ1n) is 6.63. The molecule has 1 aliphatic heterocycles. The fourth-order valence-corrected chi connectivity index (χ4v) is 1.96. The van der Waals surface area contributed by atoms with Crippen LogP contribution in [-0.4, -0.2) is 52.9 Å². The van der Waals surface area contributed by atoms with E-state index in [1.807, 2.05) is 0 Å². The maximum absolute atomic E-state index is 6.02. The van der Waals surface area contributed by atoms with Gasteiger partial charge in [-0.25, -0.2) is 4.98 Å². The summed E-state index contributed by atoms with van der Waals surface area (Å²) in [4.78, 5) is 6.85. The van der Waals surface area contributed by atoms with Gasteiger partial charge in [0.15, 0.2) is 5.82 Å². The number of nitrogens with two attached hydrogens (primary N) is 1. The molecular weight excluding hydrogens is 230 g/mol. The standard InChI is InChI=1S/C12H23N5O/c1-9(2)11(13)12-14-10(15-16-12)3-4-17-5-7-18-8-6-17/h9,11H,3-8,13H2,1-2H3,(H,14,15,16). The Kier molecular flexibility index (Phi) is 4.68. The summed E-state index contributed by atoms with van der Waals surface area (Å²) in [5, 5.41) is 7.18. The molecule has 1 fully saturated rings. The van der Waals surface area contributed by atoms with Crippen molar-refractivity contribution in [3.63, 3.8) is 0 Å². The van der Waals surface area contributed by atoms with Gasteiger partial charge in [0.2, 0.25) is 0 Å². The topological polar surface area (TPSA) is 80.1 Å². The third-order valence-corrected chi connectivity index (χ3v) is 3.33. The zero-order valence-electron chi connectivity index (χ0n) is 11.2. The zero-order chi connectivity index (χ0) is 13.0. The highest BCUT2D eigenvalue weighted by atomic mass is 16.5. The van der Waals surface area contributed by atoms with Crippen LogP contribution in [0.1, 0.15) is 31.5 Å². The van der Waals surface area contributed by atoms with Crippen LogP contribution in [0.2, 0.25) is 0 Å². The third-order valence-electron chi connectivity index (χ3n) is 3.33. The SMILES string of the molecule is CC(C)C(N)c1n[nH]c(CCN2CCOCC2)n1. The maximum atomic E-state index is 6.02. The van der Waals surface area contributed by atoms with E-state index in [0.29, 0.717) is 5.92 Å². The van der Waals surface area contributed by atoms with Crippen LogP contribution in [0.15, 0.2) is 0 Å². The Morgan fingerprint density at radius 1 is 1.39 bits per heavy atom. The van der Waals surface area contributed by atoms with Crippen LogP contribution in [0.25, 0.3) is 0 Å². The number of H-pyrrole nitrogens is 1. The molecule has 18 heavy (non-hydrogen) atoms. The summed E-state index contributed by atoms with van der Waals surface area (Å²) < 4.78 is 5.32. The normalized spacial score (nSPS) is 19.3. The number of hydrogen-bond donors (Lipinski definition) is 2. The van der Waals surface area contributed by atoms with Crippen molar-refractivity contribution in [1.82, 2.24) is 20.1 Å². The molecule has 1 unspecified atom stereocenters. The summed E-state index contributed by atoms with van der Waals surface area (Å²) in [5.41, 5.74) is 6.02. The van der Waals surface area contributed by atoms with Crippen molar-refractivity contribution in [2.75, 3.05) is 32.8 Å². The van der Waals surface area contributed by atoms with Crippen molar-refractivity contribution >= 4 is 0 Å². The van der Waals surface area contributed by atoms with E-state index in [1.165, 1.54) is 0 Å². The molecule has 0 amide bonds. The van der Waals surface area contributed by atoms with Crippen molar-refractivity contribution < 1.29 is 4.74 Å². The summed E-state index contributed by atoms with van der Waals surface area (Å²) in [7, 11) is 0. The number of nitrogens with one attached hydrogen (secondary N) is 1. The molecule has 3 N–H and O–H groups in total. The molecule has 2 rings (SSSR count). The van der Waals surface area contributed by atoms with Crippen LogP contribution < -0.4 is 5.73 Å². The summed E-state index contributed by atoms with van der Waals surface area (Å²) in [6.45, 7) is 8.83. The number of rotatable bonds is 5. The molecule has 1 aromatic rings. The Labute approximate surface area is 108 Å². The average molecular weight is 253 g/mol. The number of morpholine rings is 1. The van der Waals surface area contributed by atoms with Gasteiger partial charge >= 0.3 is 0 Å². The second-order valence-corrected chi connectivity index (χ2v) is 5.11. The lowest BCUT2D eigenvalue weighted by Crippen LogP contribution is -2.37. The van der Waals surface area contributed by atoms with Crippen molar-refractivity contribution in [2.45, 2.75) is 26.3 Å². The molecule has 6 nitrogen and oxygen atoms in total. The molecule has 0 spiro atoms. The molecule has 1 atom stereocenters. The maximum Gasteiger partial charge on any atom is 0.167 e. The van der Waals surface area contributed by atoms with Crippen LogP contribution in [0, 0.1) is 5.92 Å². The lowest BCUT2D eigenvalue weighted by Gasteiger charge is -2.25. The molecule has 0 aliphatic carbocycles. The van der Waals surface area contributed by atoms with Gasteiger partial charge in [0, 0.05) is 26.1 Å². The highest BCUT2D eigenvalue weighted by Gasteiger charge is 2.16. The second kappa shape index (κ2) is 6.26. The molecule has 6 heteroatoms. The lowest BCUT2D eigenvalue weighted by molar-refractivity contribution is 0.0382. The third kappa shape index (κ3) is 3.51. The van der Waals surface area contributed by atoms with Crippen LogP contribution in [0.4, 0.5) is 0 Å². The highest BCUT2D eigenvalue weighted by molar-refractivity contribution is 4.97. The van der Waals surface area contributed by atoms with Crippen molar-refractivity contribution in [3.05, 3.63) is 11.6 Å². The van der Waals surface area contributed by atoms with E-state index in [0.717, 1.165) is 50.9 Å². The van der Waals surface area contributed by atoms with Crippen LogP contribution in [0.3, 0.4) is 0 Å². The Morgan fingerprint density at radius 3 is 2.78 bits per heavy atom. The number of aromatic nitrogens is 3. The number of hydrogen-bond acceptors (Lipinski definition) is 5. The quantitative estimate of drug-likeness (QED) is 0.790. The van der Waals surface area contributed by atoms with Gasteiger partial charge in [0.25, 0.3) is 0 Å². The van der Waals surface area contributed by atoms with Gasteiger partial charge < -0.3 is 10.5 Å². The molecule has 1 saturated heterocycles. The molecule has 0 aromatic carbocycles. The highest BCUT2D eigenvalue weighted by Crippen LogP contribution is 2.14. The predicted octanol–water partition coefficient (Wildman–Crippen LogP) is 0.335. The summed E-state index contributed by atoms with van der Waals surface area (Å²) >= 11 is 0. The number of nitrogens with zero attached hydrogens (tertiary/aromatic N) is 3. The van der Waals surface area contributed by atoms with Crippen LogP contribution in [-0.2, 0) is 11.2 Å². The second-order valence-electron chi connectivity index (χ2n) is 5.11. The van der Waals surface area contributed by atoms with E-state index in [2.05, 4.69) is 33.9 Å². The van der Waals surface area contributed by atoms with E-state index in [-0.39, 0.29) is 6.04 Å².